The van der Waals surface area contributed by atoms with E-state index >= 15 is 0 Å². The second-order valence-corrected chi connectivity index (χ2v) is 7.98. The number of benzene rings is 2. The molecule has 0 atom stereocenters. The Morgan fingerprint density at radius 3 is 2.62 bits per heavy atom. The summed E-state index contributed by atoms with van der Waals surface area (Å²) in [6.07, 6.45) is 1.29. The summed E-state index contributed by atoms with van der Waals surface area (Å²) in [5.74, 6) is 1.54. The Kier molecular flexibility index (Phi) is 6.00. The number of furan rings is 1. The Morgan fingerprint density at radius 1 is 1.14 bits per heavy atom. The lowest BCUT2D eigenvalue weighted by atomic mass is 10.2. The van der Waals surface area contributed by atoms with Gasteiger partial charge in [-0.3, -0.25) is 0 Å². The van der Waals surface area contributed by atoms with Gasteiger partial charge in [0.2, 0.25) is 0 Å². The van der Waals surface area contributed by atoms with Gasteiger partial charge in [-0.2, -0.15) is 23.6 Å². The SMILES string of the molecule is Cc1ccc(C)c(S(=O)(=O)NN=Cc2ccc(COc3ccc(C#N)cc3)o2)c1. The molecule has 0 aliphatic rings. The maximum absolute atomic E-state index is 12.4. The summed E-state index contributed by atoms with van der Waals surface area (Å²) in [6, 6.07) is 17.3. The van der Waals surface area contributed by atoms with Gasteiger partial charge in [0.15, 0.2) is 0 Å². The molecule has 1 N–H and O–H groups in total. The van der Waals surface area contributed by atoms with Crippen molar-refractivity contribution < 1.29 is 17.6 Å². The van der Waals surface area contributed by atoms with Gasteiger partial charge < -0.3 is 9.15 Å². The first-order valence-corrected chi connectivity index (χ1v) is 10.2. The van der Waals surface area contributed by atoms with Gasteiger partial charge in [0.25, 0.3) is 10.0 Å². The highest BCUT2D eigenvalue weighted by Crippen LogP contribution is 2.17. The number of hydrazone groups is 1. The second-order valence-electron chi connectivity index (χ2n) is 6.35. The molecule has 0 bridgehead atoms. The average Bonchev–Trinajstić information content (AvgIpc) is 3.16. The van der Waals surface area contributed by atoms with Crippen molar-refractivity contribution in [2.75, 3.05) is 0 Å². The smallest absolute Gasteiger partial charge is 0.276 e. The Hall–Kier alpha value is -3.57. The molecule has 0 saturated heterocycles. The highest BCUT2D eigenvalue weighted by Gasteiger charge is 2.15. The first-order valence-electron chi connectivity index (χ1n) is 8.71. The lowest BCUT2D eigenvalue weighted by Crippen LogP contribution is -2.19. The fourth-order valence-electron chi connectivity index (χ4n) is 2.53. The summed E-state index contributed by atoms with van der Waals surface area (Å²) in [5, 5.41) is 12.6. The van der Waals surface area contributed by atoms with Gasteiger partial charge in [-0.15, -0.1) is 0 Å². The van der Waals surface area contributed by atoms with E-state index in [1.807, 2.05) is 19.1 Å². The molecular weight excluding hydrogens is 390 g/mol. The van der Waals surface area contributed by atoms with E-state index < -0.39 is 10.0 Å². The van der Waals surface area contributed by atoms with Crippen molar-refractivity contribution in [3.8, 4) is 11.8 Å². The Labute approximate surface area is 169 Å². The van der Waals surface area contributed by atoms with Crippen LogP contribution in [0.2, 0.25) is 0 Å². The van der Waals surface area contributed by atoms with E-state index in [0.717, 1.165) is 5.56 Å². The number of nitrogens with one attached hydrogen (secondary N) is 1. The van der Waals surface area contributed by atoms with Crippen LogP contribution in [0.25, 0.3) is 0 Å². The molecule has 0 aliphatic heterocycles. The van der Waals surface area contributed by atoms with Gasteiger partial charge in [0, 0.05) is 0 Å². The third-order valence-corrected chi connectivity index (χ3v) is 5.41. The van der Waals surface area contributed by atoms with Crippen molar-refractivity contribution in [3.63, 3.8) is 0 Å². The number of rotatable bonds is 7. The lowest BCUT2D eigenvalue weighted by Gasteiger charge is -2.07. The minimum Gasteiger partial charge on any atom is -0.486 e. The van der Waals surface area contributed by atoms with Crippen LogP contribution in [0.1, 0.15) is 28.2 Å². The summed E-state index contributed by atoms with van der Waals surface area (Å²) in [7, 11) is -3.77. The van der Waals surface area contributed by atoms with Crippen LogP contribution in [-0.2, 0) is 16.6 Å². The van der Waals surface area contributed by atoms with Crippen LogP contribution >= 0.6 is 0 Å². The van der Waals surface area contributed by atoms with Crippen LogP contribution in [0.3, 0.4) is 0 Å². The van der Waals surface area contributed by atoms with E-state index in [2.05, 4.69) is 9.93 Å². The third kappa shape index (κ3) is 5.24. The molecule has 3 rings (SSSR count). The highest BCUT2D eigenvalue weighted by atomic mass is 32.2. The number of ether oxygens (including phenoxy) is 1. The number of sulfonamides is 1. The van der Waals surface area contributed by atoms with E-state index in [9.17, 15) is 8.42 Å². The number of hydrogen-bond donors (Lipinski definition) is 1. The predicted octanol–water partition coefficient (Wildman–Crippen LogP) is 3.66. The molecule has 3 aromatic rings. The van der Waals surface area contributed by atoms with Crippen molar-refractivity contribution in [2.24, 2.45) is 5.10 Å². The largest absolute Gasteiger partial charge is 0.486 e. The molecule has 8 heteroatoms. The van der Waals surface area contributed by atoms with Gasteiger partial charge in [-0.25, -0.2) is 0 Å². The maximum Gasteiger partial charge on any atom is 0.276 e. The van der Waals surface area contributed by atoms with Gasteiger partial charge >= 0.3 is 0 Å². The molecule has 0 amide bonds. The molecule has 148 valence electrons. The fourth-order valence-corrected chi connectivity index (χ4v) is 3.65. The zero-order chi connectivity index (χ0) is 20.9. The topological polar surface area (TPSA) is 105 Å². The van der Waals surface area contributed by atoms with E-state index in [-0.39, 0.29) is 11.5 Å². The van der Waals surface area contributed by atoms with Crippen molar-refractivity contribution in [1.82, 2.24) is 4.83 Å². The lowest BCUT2D eigenvalue weighted by molar-refractivity contribution is 0.270. The van der Waals surface area contributed by atoms with E-state index in [1.165, 1.54) is 6.21 Å². The molecule has 0 aliphatic carbocycles. The van der Waals surface area contributed by atoms with Crippen molar-refractivity contribution in [3.05, 3.63) is 82.8 Å². The first-order chi connectivity index (χ1) is 13.9. The molecule has 0 saturated carbocycles. The zero-order valence-electron chi connectivity index (χ0n) is 15.9. The molecule has 29 heavy (non-hydrogen) atoms. The van der Waals surface area contributed by atoms with Gasteiger partial charge in [-0.05, 0) is 67.4 Å². The zero-order valence-corrected chi connectivity index (χ0v) is 16.7. The van der Waals surface area contributed by atoms with Crippen molar-refractivity contribution in [1.29, 1.82) is 5.26 Å². The summed E-state index contributed by atoms with van der Waals surface area (Å²) in [6.45, 7) is 3.74. The molecular formula is C21H19N3O4S. The normalized spacial score (nSPS) is 11.3. The van der Waals surface area contributed by atoms with Crippen LogP contribution in [0.15, 0.2) is 69.0 Å². The molecule has 2 aromatic carbocycles. The number of nitriles is 1. The van der Waals surface area contributed by atoms with Crippen molar-refractivity contribution in [2.45, 2.75) is 25.3 Å². The molecule has 1 heterocycles. The van der Waals surface area contributed by atoms with Gasteiger partial charge in [0.05, 0.1) is 22.7 Å². The highest BCUT2D eigenvalue weighted by molar-refractivity contribution is 7.89. The predicted molar refractivity (Wildman–Crippen MR) is 108 cm³/mol. The molecule has 0 radical (unpaired) electrons. The standard InChI is InChI=1S/C21H19N3O4S/c1-15-3-4-16(2)21(11-15)29(25,26)24-23-13-19-9-10-20(28-19)14-27-18-7-5-17(12-22)6-8-18/h3-11,13,24H,14H2,1-2H3. The fraction of sp³-hybridized carbons (Fsp3) is 0.143. The third-order valence-electron chi connectivity index (χ3n) is 4.04. The molecule has 0 fully saturated rings. The van der Waals surface area contributed by atoms with Crippen LogP contribution in [0.4, 0.5) is 0 Å². The average molecular weight is 409 g/mol. The summed E-state index contributed by atoms with van der Waals surface area (Å²) >= 11 is 0. The number of nitrogens with zero attached hydrogens (tertiary/aromatic N) is 2. The van der Waals surface area contributed by atoms with E-state index in [0.29, 0.717) is 28.4 Å². The summed E-state index contributed by atoms with van der Waals surface area (Å²) < 4.78 is 36.0. The van der Waals surface area contributed by atoms with Gasteiger partial charge in [0.1, 0.15) is 23.9 Å². The van der Waals surface area contributed by atoms with Crippen LogP contribution < -0.4 is 9.57 Å². The van der Waals surface area contributed by atoms with Crippen LogP contribution in [0.5, 0.6) is 5.75 Å². The Balaban J connectivity index is 1.60. The van der Waals surface area contributed by atoms with Gasteiger partial charge in [-0.1, -0.05) is 12.1 Å². The van der Waals surface area contributed by atoms with Crippen LogP contribution in [0, 0.1) is 25.2 Å². The van der Waals surface area contributed by atoms with Crippen LogP contribution in [-0.4, -0.2) is 14.6 Å². The molecule has 7 nitrogen and oxygen atoms in total. The Morgan fingerprint density at radius 2 is 1.90 bits per heavy atom. The monoisotopic (exact) mass is 409 g/mol. The second kappa shape index (κ2) is 8.63. The Bertz CT molecular complexity index is 1170. The number of hydrogen-bond acceptors (Lipinski definition) is 6. The minimum absolute atomic E-state index is 0.186. The summed E-state index contributed by atoms with van der Waals surface area (Å²) in [4.78, 5) is 2.38. The minimum atomic E-state index is -3.77. The van der Waals surface area contributed by atoms with Crippen molar-refractivity contribution >= 4 is 16.2 Å². The maximum atomic E-state index is 12.4. The molecule has 0 unspecified atom stereocenters. The first kappa shape index (κ1) is 20.2. The quantitative estimate of drug-likeness (QED) is 0.474. The van der Waals surface area contributed by atoms with E-state index in [4.69, 9.17) is 14.4 Å². The summed E-state index contributed by atoms with van der Waals surface area (Å²) in [5.41, 5.74) is 2.04. The number of aryl methyl sites for hydroxylation is 2. The molecule has 0 spiro atoms. The molecule has 1 aromatic heterocycles. The van der Waals surface area contributed by atoms with E-state index in [1.54, 1.807) is 55.5 Å².